The molecule has 0 radical (unpaired) electrons. The van der Waals surface area contributed by atoms with Crippen LogP contribution >= 0.6 is 11.6 Å². The number of halogens is 1. The third kappa shape index (κ3) is 4.65. The number of carbonyl (C=O) groups is 1. The average molecular weight is 344 g/mol. The fourth-order valence-corrected chi connectivity index (χ4v) is 3.06. The average Bonchev–Trinajstić information content (AvgIpc) is 2.86. The summed E-state index contributed by atoms with van der Waals surface area (Å²) in [4.78, 5) is 14.5. The van der Waals surface area contributed by atoms with Gasteiger partial charge in [0.1, 0.15) is 0 Å². The van der Waals surface area contributed by atoms with E-state index in [0.717, 1.165) is 18.8 Å². The molecule has 1 fully saturated rings. The highest BCUT2D eigenvalue weighted by Crippen LogP contribution is 2.23. The van der Waals surface area contributed by atoms with E-state index in [9.17, 15) is 4.79 Å². The molecule has 24 heavy (non-hydrogen) atoms. The van der Waals surface area contributed by atoms with Gasteiger partial charge < -0.3 is 15.5 Å². The van der Waals surface area contributed by atoms with Gasteiger partial charge in [-0.15, -0.1) is 0 Å². The quantitative estimate of drug-likeness (QED) is 0.787. The molecule has 2 aromatic rings. The second kappa shape index (κ2) is 8.06. The van der Waals surface area contributed by atoms with Crippen LogP contribution in [0.3, 0.4) is 0 Å². The lowest BCUT2D eigenvalue weighted by Gasteiger charge is -2.23. The summed E-state index contributed by atoms with van der Waals surface area (Å²) in [6, 6.07) is 14.8. The molecule has 0 saturated carbocycles. The van der Waals surface area contributed by atoms with Crippen molar-refractivity contribution in [3.63, 3.8) is 0 Å². The van der Waals surface area contributed by atoms with Gasteiger partial charge in [0.25, 0.3) is 0 Å². The van der Waals surface area contributed by atoms with E-state index in [1.807, 2.05) is 18.2 Å². The molecule has 2 N–H and O–H groups in total. The summed E-state index contributed by atoms with van der Waals surface area (Å²) in [6.07, 6.45) is 5.07. The first kappa shape index (κ1) is 16.7. The van der Waals surface area contributed by atoms with Crippen molar-refractivity contribution in [2.24, 2.45) is 0 Å². The van der Waals surface area contributed by atoms with Gasteiger partial charge in [-0.1, -0.05) is 30.5 Å². The van der Waals surface area contributed by atoms with E-state index in [0.29, 0.717) is 10.7 Å². The summed E-state index contributed by atoms with van der Waals surface area (Å²) in [6.45, 7) is 2.17. The lowest BCUT2D eigenvalue weighted by Crippen LogP contribution is -2.24. The Morgan fingerprint density at radius 2 is 1.54 bits per heavy atom. The van der Waals surface area contributed by atoms with Gasteiger partial charge >= 0.3 is 6.03 Å². The Morgan fingerprint density at radius 3 is 2.25 bits per heavy atom. The first-order valence-electron chi connectivity index (χ1n) is 8.39. The van der Waals surface area contributed by atoms with Crippen molar-refractivity contribution >= 4 is 34.7 Å². The molecular formula is C19H22ClN3O. The van der Waals surface area contributed by atoms with Gasteiger partial charge in [0, 0.05) is 35.2 Å². The van der Waals surface area contributed by atoms with Crippen LogP contribution < -0.4 is 15.5 Å². The highest BCUT2D eigenvalue weighted by Gasteiger charge is 2.11. The van der Waals surface area contributed by atoms with Crippen LogP contribution in [0.4, 0.5) is 21.9 Å². The number of nitrogens with one attached hydrogen (secondary N) is 2. The lowest BCUT2D eigenvalue weighted by molar-refractivity contribution is 0.262. The van der Waals surface area contributed by atoms with Crippen LogP contribution in [0.2, 0.25) is 5.02 Å². The predicted octanol–water partition coefficient (Wildman–Crippen LogP) is 5.36. The van der Waals surface area contributed by atoms with E-state index < -0.39 is 0 Å². The van der Waals surface area contributed by atoms with Crippen molar-refractivity contribution in [2.45, 2.75) is 25.7 Å². The van der Waals surface area contributed by atoms with Gasteiger partial charge in [-0.2, -0.15) is 0 Å². The zero-order valence-corrected chi connectivity index (χ0v) is 14.4. The Kier molecular flexibility index (Phi) is 5.59. The predicted molar refractivity (Wildman–Crippen MR) is 101 cm³/mol. The molecule has 2 amide bonds. The molecule has 126 valence electrons. The minimum absolute atomic E-state index is 0.259. The van der Waals surface area contributed by atoms with Crippen molar-refractivity contribution < 1.29 is 4.79 Å². The van der Waals surface area contributed by atoms with Gasteiger partial charge in [0.2, 0.25) is 0 Å². The highest BCUT2D eigenvalue weighted by molar-refractivity contribution is 6.30. The van der Waals surface area contributed by atoms with Crippen LogP contribution in [-0.4, -0.2) is 19.1 Å². The lowest BCUT2D eigenvalue weighted by atomic mass is 10.2. The summed E-state index contributed by atoms with van der Waals surface area (Å²) in [5.74, 6) is 0. The first-order valence-corrected chi connectivity index (χ1v) is 8.77. The maximum atomic E-state index is 12.1. The molecule has 0 atom stereocenters. The minimum atomic E-state index is -0.259. The van der Waals surface area contributed by atoms with Crippen molar-refractivity contribution in [3.8, 4) is 0 Å². The molecule has 1 aliphatic rings. The van der Waals surface area contributed by atoms with Crippen molar-refractivity contribution in [1.82, 2.24) is 0 Å². The molecule has 0 aliphatic carbocycles. The normalized spacial score (nSPS) is 14.8. The molecule has 0 unspecified atom stereocenters. The molecule has 0 aromatic heterocycles. The van der Waals surface area contributed by atoms with Crippen LogP contribution in [0, 0.1) is 0 Å². The molecule has 0 bridgehead atoms. The monoisotopic (exact) mass is 343 g/mol. The first-order chi connectivity index (χ1) is 11.7. The van der Waals surface area contributed by atoms with E-state index in [1.165, 1.54) is 31.4 Å². The highest BCUT2D eigenvalue weighted by atomic mass is 35.5. The topological polar surface area (TPSA) is 44.4 Å². The van der Waals surface area contributed by atoms with Crippen LogP contribution in [0.5, 0.6) is 0 Å². The standard InChI is InChI=1S/C19H22ClN3O/c20-15-8-10-16(11-9-15)21-19(24)22-17-6-5-7-18(14-17)23-12-3-1-2-4-13-23/h5-11,14H,1-4,12-13H2,(H2,21,22,24). The van der Waals surface area contributed by atoms with Crippen LogP contribution in [0.25, 0.3) is 0 Å². The number of amides is 2. The number of carbonyl (C=O) groups excluding carboxylic acids is 1. The van der Waals surface area contributed by atoms with E-state index in [4.69, 9.17) is 11.6 Å². The zero-order valence-electron chi connectivity index (χ0n) is 13.6. The third-order valence-corrected chi connectivity index (χ3v) is 4.43. The summed E-state index contributed by atoms with van der Waals surface area (Å²) in [5.41, 5.74) is 2.67. The van der Waals surface area contributed by atoms with Gasteiger partial charge in [0.05, 0.1) is 0 Å². The number of rotatable bonds is 3. The number of nitrogens with zero attached hydrogens (tertiary/aromatic N) is 1. The smallest absolute Gasteiger partial charge is 0.323 e. The fourth-order valence-electron chi connectivity index (χ4n) is 2.94. The second-order valence-corrected chi connectivity index (χ2v) is 6.47. The van der Waals surface area contributed by atoms with E-state index >= 15 is 0 Å². The number of anilines is 3. The van der Waals surface area contributed by atoms with Gasteiger partial charge in [-0.25, -0.2) is 4.79 Å². The zero-order chi connectivity index (χ0) is 16.8. The number of urea groups is 1. The SMILES string of the molecule is O=C(Nc1ccc(Cl)cc1)Nc1cccc(N2CCCCCC2)c1. The largest absolute Gasteiger partial charge is 0.371 e. The molecular weight excluding hydrogens is 322 g/mol. The van der Waals surface area contributed by atoms with Crippen LogP contribution in [0.15, 0.2) is 48.5 Å². The molecule has 2 aromatic carbocycles. The second-order valence-electron chi connectivity index (χ2n) is 6.04. The van der Waals surface area contributed by atoms with Crippen molar-refractivity contribution in [1.29, 1.82) is 0 Å². The minimum Gasteiger partial charge on any atom is -0.371 e. The Hall–Kier alpha value is -2.20. The Bertz CT molecular complexity index is 679. The van der Waals surface area contributed by atoms with Gasteiger partial charge in [-0.3, -0.25) is 0 Å². The maximum Gasteiger partial charge on any atom is 0.323 e. The molecule has 3 rings (SSSR count). The molecule has 1 heterocycles. The van der Waals surface area contributed by atoms with Crippen LogP contribution in [-0.2, 0) is 0 Å². The maximum absolute atomic E-state index is 12.1. The summed E-state index contributed by atoms with van der Waals surface area (Å²) < 4.78 is 0. The Morgan fingerprint density at radius 1 is 0.875 bits per heavy atom. The summed E-state index contributed by atoms with van der Waals surface area (Å²) in [7, 11) is 0. The Balaban J connectivity index is 1.63. The number of hydrogen-bond acceptors (Lipinski definition) is 2. The molecule has 4 nitrogen and oxygen atoms in total. The van der Waals surface area contributed by atoms with E-state index in [2.05, 4.69) is 21.6 Å². The molecule has 1 saturated heterocycles. The molecule has 1 aliphatic heterocycles. The number of benzene rings is 2. The van der Waals surface area contributed by atoms with Crippen molar-refractivity contribution in [3.05, 3.63) is 53.6 Å². The number of hydrogen-bond donors (Lipinski definition) is 2. The third-order valence-electron chi connectivity index (χ3n) is 4.18. The Labute approximate surface area is 147 Å². The van der Waals surface area contributed by atoms with Crippen molar-refractivity contribution in [2.75, 3.05) is 28.6 Å². The van der Waals surface area contributed by atoms with Gasteiger partial charge in [-0.05, 0) is 55.3 Å². The summed E-state index contributed by atoms with van der Waals surface area (Å²) in [5, 5.41) is 6.34. The van der Waals surface area contributed by atoms with E-state index in [-0.39, 0.29) is 6.03 Å². The van der Waals surface area contributed by atoms with Gasteiger partial charge in [0.15, 0.2) is 0 Å². The van der Waals surface area contributed by atoms with E-state index in [1.54, 1.807) is 24.3 Å². The fraction of sp³-hybridized carbons (Fsp3) is 0.316. The molecule has 5 heteroatoms. The summed E-state index contributed by atoms with van der Waals surface area (Å²) >= 11 is 5.85. The molecule has 0 spiro atoms. The van der Waals surface area contributed by atoms with Crippen LogP contribution in [0.1, 0.15) is 25.7 Å².